The van der Waals surface area contributed by atoms with Gasteiger partial charge < -0.3 is 14.8 Å². The van der Waals surface area contributed by atoms with Crippen LogP contribution < -0.4 is 14.8 Å². The third-order valence-electron chi connectivity index (χ3n) is 4.39. The number of ether oxygens (including phenoxy) is 2. The minimum absolute atomic E-state index is 0.474. The summed E-state index contributed by atoms with van der Waals surface area (Å²) in [5, 5.41) is 4.20. The summed E-state index contributed by atoms with van der Waals surface area (Å²) in [5.74, 6) is 1.52. The maximum atomic E-state index is 5.97. The maximum absolute atomic E-state index is 5.97. The molecule has 3 aromatic carbocycles. The largest absolute Gasteiger partial charge is 0.490 e. The molecule has 146 valence electrons. The second kappa shape index (κ2) is 10.2. The first-order valence-electron chi connectivity index (χ1n) is 9.53. The Kier molecular flexibility index (Phi) is 7.35. The van der Waals surface area contributed by atoms with Crippen molar-refractivity contribution in [3.8, 4) is 11.5 Å². The summed E-state index contributed by atoms with van der Waals surface area (Å²) in [6, 6.07) is 22.3. The van der Waals surface area contributed by atoms with Crippen molar-refractivity contribution in [2.75, 3.05) is 6.61 Å². The molecule has 0 spiro atoms. The lowest BCUT2D eigenvalue weighted by Crippen LogP contribution is -2.13. The van der Waals surface area contributed by atoms with Crippen molar-refractivity contribution in [2.24, 2.45) is 0 Å². The molecule has 28 heavy (non-hydrogen) atoms. The molecule has 0 aliphatic carbocycles. The molecule has 0 amide bonds. The molecule has 3 rings (SSSR count). The molecule has 0 fully saturated rings. The Bertz CT molecular complexity index is 876. The summed E-state index contributed by atoms with van der Waals surface area (Å²) in [6.07, 6.45) is 0. The lowest BCUT2D eigenvalue weighted by atomic mass is 10.1. The number of hydrogen-bond donors (Lipinski definition) is 1. The molecule has 0 radical (unpaired) electrons. The first kappa shape index (κ1) is 20.2. The predicted molar refractivity (Wildman–Crippen MR) is 115 cm³/mol. The number of nitrogens with one attached hydrogen (secondary N) is 1. The molecule has 0 aromatic heterocycles. The highest BCUT2D eigenvalue weighted by Crippen LogP contribution is 2.29. The zero-order valence-corrected chi connectivity index (χ0v) is 17.1. The van der Waals surface area contributed by atoms with Crippen LogP contribution in [-0.4, -0.2) is 6.61 Å². The van der Waals surface area contributed by atoms with Crippen LogP contribution in [0.2, 0.25) is 5.02 Å². The van der Waals surface area contributed by atoms with Gasteiger partial charge in [0.15, 0.2) is 11.5 Å². The van der Waals surface area contributed by atoms with Crippen molar-refractivity contribution >= 4 is 11.6 Å². The standard InChI is InChI=1S/C24H26ClNO2/c1-3-27-24-14-21(16-26-15-19-6-4-18(2)5-7-19)10-13-23(24)28-17-20-8-11-22(25)12-9-20/h4-14,26H,3,15-17H2,1-2H3. The number of halogens is 1. The van der Waals surface area contributed by atoms with Gasteiger partial charge in [0, 0.05) is 18.1 Å². The molecule has 0 unspecified atom stereocenters. The van der Waals surface area contributed by atoms with Crippen molar-refractivity contribution in [1.82, 2.24) is 5.32 Å². The van der Waals surface area contributed by atoms with Crippen LogP contribution in [-0.2, 0) is 19.7 Å². The summed E-state index contributed by atoms with van der Waals surface area (Å²) in [6.45, 7) is 6.75. The van der Waals surface area contributed by atoms with Crippen molar-refractivity contribution in [2.45, 2.75) is 33.5 Å². The number of rotatable bonds is 9. The lowest BCUT2D eigenvalue weighted by molar-refractivity contribution is 0.269. The van der Waals surface area contributed by atoms with Gasteiger partial charge in [-0.05, 0) is 54.8 Å². The van der Waals surface area contributed by atoms with E-state index in [1.54, 1.807) is 0 Å². The summed E-state index contributed by atoms with van der Waals surface area (Å²) >= 11 is 5.93. The Hall–Kier alpha value is -2.49. The first-order valence-corrected chi connectivity index (χ1v) is 9.91. The van der Waals surface area contributed by atoms with Crippen LogP contribution in [0.5, 0.6) is 11.5 Å². The number of benzene rings is 3. The molecule has 0 aliphatic heterocycles. The quantitative estimate of drug-likeness (QED) is 0.488. The maximum Gasteiger partial charge on any atom is 0.161 e. The molecule has 3 nitrogen and oxygen atoms in total. The molecular weight excluding hydrogens is 370 g/mol. The highest BCUT2D eigenvalue weighted by atomic mass is 35.5. The first-order chi connectivity index (χ1) is 13.6. The van der Waals surface area contributed by atoms with Crippen molar-refractivity contribution in [1.29, 1.82) is 0 Å². The van der Waals surface area contributed by atoms with Crippen LogP contribution in [0.3, 0.4) is 0 Å². The van der Waals surface area contributed by atoms with Crippen molar-refractivity contribution < 1.29 is 9.47 Å². The van der Waals surface area contributed by atoms with Crippen LogP contribution >= 0.6 is 11.6 Å². The van der Waals surface area contributed by atoms with Gasteiger partial charge in [-0.15, -0.1) is 0 Å². The highest BCUT2D eigenvalue weighted by molar-refractivity contribution is 6.30. The van der Waals surface area contributed by atoms with Gasteiger partial charge in [0.05, 0.1) is 6.61 Å². The average molecular weight is 396 g/mol. The second-order valence-corrected chi connectivity index (χ2v) is 7.15. The van der Waals surface area contributed by atoms with E-state index in [0.29, 0.717) is 13.2 Å². The van der Waals surface area contributed by atoms with Crippen molar-refractivity contribution in [3.05, 3.63) is 94.0 Å². The topological polar surface area (TPSA) is 30.5 Å². The van der Waals surface area contributed by atoms with E-state index in [-0.39, 0.29) is 0 Å². The van der Waals surface area contributed by atoms with E-state index in [1.165, 1.54) is 11.1 Å². The molecule has 3 aromatic rings. The molecule has 1 N–H and O–H groups in total. The van der Waals surface area contributed by atoms with E-state index in [2.05, 4.69) is 42.6 Å². The van der Waals surface area contributed by atoms with Crippen molar-refractivity contribution in [3.63, 3.8) is 0 Å². The Balaban J connectivity index is 1.59. The molecular formula is C24H26ClNO2. The molecule has 0 bridgehead atoms. The number of aryl methyl sites for hydroxylation is 1. The van der Waals surface area contributed by atoms with Crippen LogP contribution in [0.1, 0.15) is 29.2 Å². The molecule has 0 saturated heterocycles. The van der Waals surface area contributed by atoms with Crippen LogP contribution in [0.15, 0.2) is 66.7 Å². The van der Waals surface area contributed by atoms with Gasteiger partial charge in [-0.2, -0.15) is 0 Å². The third kappa shape index (κ3) is 6.01. The van der Waals surface area contributed by atoms with Gasteiger partial charge in [0.25, 0.3) is 0 Å². The van der Waals surface area contributed by atoms with E-state index in [9.17, 15) is 0 Å². The zero-order valence-electron chi connectivity index (χ0n) is 16.4. The fourth-order valence-corrected chi connectivity index (χ4v) is 2.97. The summed E-state index contributed by atoms with van der Waals surface area (Å²) in [5.41, 5.74) is 4.78. The van der Waals surface area contributed by atoms with E-state index >= 15 is 0 Å². The Labute approximate surface area is 172 Å². The van der Waals surface area contributed by atoms with Crippen LogP contribution in [0.4, 0.5) is 0 Å². The fraction of sp³-hybridized carbons (Fsp3) is 0.250. The van der Waals surface area contributed by atoms with E-state index < -0.39 is 0 Å². The monoisotopic (exact) mass is 395 g/mol. The van der Waals surface area contributed by atoms with Gasteiger partial charge in [0.1, 0.15) is 6.61 Å². The number of hydrogen-bond acceptors (Lipinski definition) is 3. The smallest absolute Gasteiger partial charge is 0.161 e. The van der Waals surface area contributed by atoms with Crippen LogP contribution in [0, 0.1) is 6.92 Å². The van der Waals surface area contributed by atoms with Gasteiger partial charge in [-0.1, -0.05) is 59.6 Å². The van der Waals surface area contributed by atoms with Crippen LogP contribution in [0.25, 0.3) is 0 Å². The average Bonchev–Trinajstić information content (AvgIpc) is 2.70. The van der Waals surface area contributed by atoms with Gasteiger partial charge >= 0.3 is 0 Å². The Morgan fingerprint density at radius 1 is 0.750 bits per heavy atom. The second-order valence-electron chi connectivity index (χ2n) is 6.72. The molecule has 4 heteroatoms. The molecule has 0 atom stereocenters. The highest BCUT2D eigenvalue weighted by Gasteiger charge is 2.07. The minimum Gasteiger partial charge on any atom is -0.490 e. The third-order valence-corrected chi connectivity index (χ3v) is 4.65. The predicted octanol–water partition coefficient (Wildman–Crippen LogP) is 5.92. The zero-order chi connectivity index (χ0) is 19.8. The van der Waals surface area contributed by atoms with Gasteiger partial charge in [0.2, 0.25) is 0 Å². The van der Waals surface area contributed by atoms with E-state index in [4.69, 9.17) is 21.1 Å². The Morgan fingerprint density at radius 3 is 2.11 bits per heavy atom. The summed E-state index contributed by atoms with van der Waals surface area (Å²) in [7, 11) is 0. The molecule has 0 saturated carbocycles. The van der Waals surface area contributed by atoms with E-state index in [0.717, 1.165) is 40.7 Å². The van der Waals surface area contributed by atoms with Gasteiger partial charge in [-0.3, -0.25) is 0 Å². The van der Waals surface area contributed by atoms with Gasteiger partial charge in [-0.25, -0.2) is 0 Å². The molecule has 0 aliphatic rings. The molecule has 0 heterocycles. The normalized spacial score (nSPS) is 10.7. The lowest BCUT2D eigenvalue weighted by Gasteiger charge is -2.14. The summed E-state index contributed by atoms with van der Waals surface area (Å²) < 4.78 is 11.8. The summed E-state index contributed by atoms with van der Waals surface area (Å²) in [4.78, 5) is 0. The fourth-order valence-electron chi connectivity index (χ4n) is 2.85. The Morgan fingerprint density at radius 2 is 1.39 bits per heavy atom. The minimum atomic E-state index is 0.474. The van der Waals surface area contributed by atoms with E-state index in [1.807, 2.05) is 43.3 Å². The SMILES string of the molecule is CCOc1cc(CNCc2ccc(C)cc2)ccc1OCc1ccc(Cl)cc1.